The largest absolute Gasteiger partial charge is 0.377 e. The summed E-state index contributed by atoms with van der Waals surface area (Å²) in [6, 6.07) is 7.53. The SMILES string of the molecule is CC1COCCN1c1nc(-c2ccc(NS(=O)(=O)C3CC3)cc2)nc2c1COCC2. The maximum Gasteiger partial charge on any atom is 0.235 e. The third-order valence-corrected chi connectivity index (χ3v) is 7.68. The normalized spacial score (nSPS) is 21.9. The van der Waals surface area contributed by atoms with Gasteiger partial charge in [0.1, 0.15) is 5.82 Å². The number of nitrogens with one attached hydrogen (secondary N) is 1. The van der Waals surface area contributed by atoms with E-state index in [0.717, 1.165) is 48.4 Å². The molecule has 30 heavy (non-hydrogen) atoms. The number of aromatic nitrogens is 2. The number of ether oxygens (including phenoxy) is 2. The minimum atomic E-state index is -3.27. The molecule has 1 N–H and O–H groups in total. The van der Waals surface area contributed by atoms with Gasteiger partial charge >= 0.3 is 0 Å². The Bertz CT molecular complexity index is 1040. The number of anilines is 2. The molecule has 3 heterocycles. The molecule has 3 aliphatic rings. The Balaban J connectivity index is 1.47. The van der Waals surface area contributed by atoms with Crippen LogP contribution >= 0.6 is 0 Å². The van der Waals surface area contributed by atoms with Gasteiger partial charge in [0.15, 0.2) is 5.82 Å². The van der Waals surface area contributed by atoms with Gasteiger partial charge in [-0.3, -0.25) is 4.72 Å². The van der Waals surface area contributed by atoms with Crippen molar-refractivity contribution in [2.75, 3.05) is 36.0 Å². The molecule has 1 aromatic heterocycles. The molecule has 8 nitrogen and oxygen atoms in total. The summed E-state index contributed by atoms with van der Waals surface area (Å²) < 4.78 is 38.3. The van der Waals surface area contributed by atoms with Gasteiger partial charge in [-0.05, 0) is 44.0 Å². The van der Waals surface area contributed by atoms with Gasteiger partial charge in [-0.1, -0.05) is 0 Å². The Morgan fingerprint density at radius 3 is 2.63 bits per heavy atom. The maximum absolute atomic E-state index is 12.2. The van der Waals surface area contributed by atoms with Crippen LogP contribution in [-0.4, -0.2) is 56.0 Å². The van der Waals surface area contributed by atoms with Crippen LogP contribution in [0.3, 0.4) is 0 Å². The number of rotatable bonds is 5. The van der Waals surface area contributed by atoms with E-state index in [2.05, 4.69) is 16.5 Å². The average Bonchev–Trinajstić information content (AvgIpc) is 3.60. The minimum Gasteiger partial charge on any atom is -0.377 e. The Kier molecular flexibility index (Phi) is 5.12. The van der Waals surface area contributed by atoms with E-state index < -0.39 is 10.0 Å². The Morgan fingerprint density at radius 1 is 1.10 bits per heavy atom. The van der Waals surface area contributed by atoms with Crippen LogP contribution in [0.5, 0.6) is 0 Å². The fraction of sp³-hybridized carbons (Fsp3) is 0.524. The maximum atomic E-state index is 12.2. The van der Waals surface area contributed by atoms with Crippen LogP contribution in [-0.2, 0) is 32.5 Å². The van der Waals surface area contributed by atoms with Crippen molar-refractivity contribution in [3.05, 3.63) is 35.5 Å². The van der Waals surface area contributed by atoms with Crippen LogP contribution in [0.25, 0.3) is 11.4 Å². The van der Waals surface area contributed by atoms with Gasteiger partial charge in [-0.15, -0.1) is 0 Å². The summed E-state index contributed by atoms with van der Waals surface area (Å²) in [5, 5.41) is -0.249. The highest BCUT2D eigenvalue weighted by Gasteiger charge is 2.35. The lowest BCUT2D eigenvalue weighted by Gasteiger charge is -2.36. The second-order valence-electron chi connectivity index (χ2n) is 8.14. The van der Waals surface area contributed by atoms with E-state index in [1.807, 2.05) is 12.1 Å². The van der Waals surface area contributed by atoms with Crippen molar-refractivity contribution in [3.8, 4) is 11.4 Å². The topological polar surface area (TPSA) is 93.7 Å². The summed E-state index contributed by atoms with van der Waals surface area (Å²) in [5.74, 6) is 1.57. The van der Waals surface area contributed by atoms with E-state index in [1.54, 1.807) is 12.1 Å². The summed E-state index contributed by atoms with van der Waals surface area (Å²) in [6.45, 7) is 5.45. The van der Waals surface area contributed by atoms with E-state index >= 15 is 0 Å². The fourth-order valence-corrected chi connectivity index (χ4v) is 5.32. The van der Waals surface area contributed by atoms with E-state index in [1.165, 1.54) is 0 Å². The molecule has 1 saturated carbocycles. The van der Waals surface area contributed by atoms with Crippen LogP contribution in [0.2, 0.25) is 0 Å². The van der Waals surface area contributed by atoms with Gasteiger partial charge in [0.05, 0.1) is 43.4 Å². The molecule has 1 unspecified atom stereocenters. The summed E-state index contributed by atoms with van der Waals surface area (Å²) >= 11 is 0. The third kappa shape index (κ3) is 3.89. The molecule has 1 aliphatic carbocycles. The first-order valence-electron chi connectivity index (χ1n) is 10.5. The molecule has 1 saturated heterocycles. The number of sulfonamides is 1. The average molecular weight is 431 g/mol. The molecule has 1 atom stereocenters. The highest BCUT2D eigenvalue weighted by Crippen LogP contribution is 2.32. The standard InChI is InChI=1S/C21H26N4O4S/c1-14-12-29-11-9-25(14)21-18-13-28-10-8-19(18)22-20(23-21)15-2-4-16(5-3-15)24-30(26,27)17-6-7-17/h2-5,14,17,24H,6-13H2,1H3. The Labute approximate surface area is 176 Å². The molecule has 9 heteroatoms. The zero-order chi connectivity index (χ0) is 20.7. The van der Waals surface area contributed by atoms with Crippen LogP contribution in [0.1, 0.15) is 31.0 Å². The minimum absolute atomic E-state index is 0.228. The van der Waals surface area contributed by atoms with E-state index in [4.69, 9.17) is 19.4 Å². The second-order valence-corrected chi connectivity index (χ2v) is 10.1. The van der Waals surface area contributed by atoms with Crippen LogP contribution in [0.15, 0.2) is 24.3 Å². The van der Waals surface area contributed by atoms with E-state index in [0.29, 0.717) is 37.9 Å². The quantitative estimate of drug-likeness (QED) is 0.778. The molecule has 0 bridgehead atoms. The summed E-state index contributed by atoms with van der Waals surface area (Å²) in [4.78, 5) is 12.0. The zero-order valence-corrected chi connectivity index (χ0v) is 17.8. The number of morpholine rings is 1. The van der Waals surface area contributed by atoms with E-state index in [-0.39, 0.29) is 11.3 Å². The van der Waals surface area contributed by atoms with Gasteiger partial charge in [-0.25, -0.2) is 18.4 Å². The molecule has 5 rings (SSSR count). The molecule has 1 aromatic carbocycles. The van der Waals surface area contributed by atoms with Gasteiger partial charge in [0.25, 0.3) is 0 Å². The van der Waals surface area contributed by atoms with Gasteiger partial charge < -0.3 is 14.4 Å². The first kappa shape index (κ1) is 19.7. The van der Waals surface area contributed by atoms with Gasteiger partial charge in [0, 0.05) is 29.8 Å². The Morgan fingerprint density at radius 2 is 1.90 bits per heavy atom. The van der Waals surface area contributed by atoms with Crippen LogP contribution < -0.4 is 9.62 Å². The number of nitrogens with zero attached hydrogens (tertiary/aromatic N) is 3. The smallest absolute Gasteiger partial charge is 0.235 e. The Hall–Kier alpha value is -2.23. The predicted octanol–water partition coefficient (Wildman–Crippen LogP) is 2.35. The van der Waals surface area contributed by atoms with Crippen LogP contribution in [0.4, 0.5) is 11.5 Å². The summed E-state index contributed by atoms with van der Waals surface area (Å²) in [5.41, 5.74) is 3.52. The first-order valence-corrected chi connectivity index (χ1v) is 12.0. The molecule has 160 valence electrons. The molecule has 0 spiro atoms. The van der Waals surface area contributed by atoms with Crippen molar-refractivity contribution >= 4 is 21.5 Å². The predicted molar refractivity (Wildman–Crippen MR) is 114 cm³/mol. The van der Waals surface area contributed by atoms with Crippen molar-refractivity contribution in [2.24, 2.45) is 0 Å². The highest BCUT2D eigenvalue weighted by atomic mass is 32.2. The number of benzene rings is 1. The monoisotopic (exact) mass is 430 g/mol. The van der Waals surface area contributed by atoms with E-state index in [9.17, 15) is 8.42 Å². The van der Waals surface area contributed by atoms with Crippen molar-refractivity contribution in [1.29, 1.82) is 0 Å². The summed E-state index contributed by atoms with van der Waals surface area (Å²) in [7, 11) is -3.27. The van der Waals surface area contributed by atoms with Crippen molar-refractivity contribution < 1.29 is 17.9 Å². The lowest BCUT2D eigenvalue weighted by Crippen LogP contribution is -2.45. The molecule has 2 aromatic rings. The molecule has 0 amide bonds. The molecule has 2 aliphatic heterocycles. The first-order chi connectivity index (χ1) is 14.5. The van der Waals surface area contributed by atoms with Gasteiger partial charge in [-0.2, -0.15) is 0 Å². The molecular formula is C21H26N4O4S. The molecular weight excluding hydrogens is 404 g/mol. The third-order valence-electron chi connectivity index (χ3n) is 5.81. The number of hydrogen-bond donors (Lipinski definition) is 1. The van der Waals surface area contributed by atoms with Crippen molar-refractivity contribution in [3.63, 3.8) is 0 Å². The lowest BCUT2D eigenvalue weighted by atomic mass is 10.1. The number of fused-ring (bicyclic) bond motifs is 1. The van der Waals surface area contributed by atoms with Gasteiger partial charge in [0.2, 0.25) is 10.0 Å². The lowest BCUT2D eigenvalue weighted by molar-refractivity contribution is 0.0952. The number of hydrogen-bond acceptors (Lipinski definition) is 7. The zero-order valence-electron chi connectivity index (χ0n) is 17.0. The summed E-state index contributed by atoms with van der Waals surface area (Å²) in [6.07, 6.45) is 2.24. The highest BCUT2D eigenvalue weighted by molar-refractivity contribution is 7.93. The van der Waals surface area contributed by atoms with Crippen LogP contribution in [0, 0.1) is 0 Å². The van der Waals surface area contributed by atoms with Crippen molar-refractivity contribution in [2.45, 2.75) is 44.1 Å². The molecule has 2 fully saturated rings. The van der Waals surface area contributed by atoms with Crippen molar-refractivity contribution in [1.82, 2.24) is 9.97 Å². The molecule has 0 radical (unpaired) electrons. The second kappa shape index (κ2) is 7.79. The fourth-order valence-electron chi connectivity index (χ4n) is 3.94.